The minimum atomic E-state index is -0.785. The van der Waals surface area contributed by atoms with Gasteiger partial charge in [0.25, 0.3) is 0 Å². The fraction of sp³-hybridized carbons (Fsp3) is 0.333. The second-order valence-corrected chi connectivity index (χ2v) is 6.21. The SMILES string of the molecule is CCOC(=O)c1cn(C2CC2)c2c([N+](=O)[O-])c(Cl)cc(Cl)c2c1=O. The topological polar surface area (TPSA) is 91.4 Å². The first-order chi connectivity index (χ1) is 11.4. The number of hydrogen-bond acceptors (Lipinski definition) is 5. The van der Waals surface area contributed by atoms with Gasteiger partial charge >= 0.3 is 11.7 Å². The van der Waals surface area contributed by atoms with Crippen LogP contribution < -0.4 is 5.43 Å². The number of nitro benzene ring substituents is 1. The molecule has 1 heterocycles. The molecular formula is C15H12Cl2N2O5. The zero-order valence-electron chi connectivity index (χ0n) is 12.5. The van der Waals surface area contributed by atoms with Gasteiger partial charge in [-0.2, -0.15) is 0 Å². The molecule has 9 heteroatoms. The molecule has 0 amide bonds. The number of aromatic nitrogens is 1. The number of rotatable bonds is 4. The molecule has 0 radical (unpaired) electrons. The molecule has 0 atom stereocenters. The molecule has 1 aromatic heterocycles. The first-order valence-corrected chi connectivity index (χ1v) is 8.00. The number of nitrogens with zero attached hydrogens (tertiary/aromatic N) is 2. The highest BCUT2D eigenvalue weighted by atomic mass is 35.5. The van der Waals surface area contributed by atoms with Gasteiger partial charge in [0.2, 0.25) is 5.43 Å². The standard InChI is InChI=1S/C15H12Cl2N2O5/c1-2-24-15(21)8-6-18(7-3-4-7)13-11(14(8)20)9(16)5-10(17)12(13)19(22)23/h5-7H,2-4H2,1H3. The van der Waals surface area contributed by atoms with Crippen LogP contribution in [0.2, 0.25) is 10.0 Å². The third kappa shape index (κ3) is 2.63. The Kier molecular flexibility index (Phi) is 4.23. The van der Waals surface area contributed by atoms with Gasteiger partial charge in [0, 0.05) is 12.2 Å². The first-order valence-electron chi connectivity index (χ1n) is 7.25. The monoisotopic (exact) mass is 370 g/mol. The van der Waals surface area contributed by atoms with E-state index in [-0.39, 0.29) is 39.2 Å². The Morgan fingerprint density at radius 1 is 1.42 bits per heavy atom. The van der Waals surface area contributed by atoms with E-state index in [1.165, 1.54) is 6.20 Å². The molecule has 0 spiro atoms. The lowest BCUT2D eigenvalue weighted by Crippen LogP contribution is -2.21. The van der Waals surface area contributed by atoms with Gasteiger partial charge in [-0.3, -0.25) is 14.9 Å². The zero-order chi connectivity index (χ0) is 17.6. The van der Waals surface area contributed by atoms with Gasteiger partial charge < -0.3 is 9.30 Å². The minimum absolute atomic E-state index is 0.0360. The summed E-state index contributed by atoms with van der Waals surface area (Å²) in [5, 5.41) is 11.2. The van der Waals surface area contributed by atoms with Crippen LogP contribution in [0.4, 0.5) is 5.69 Å². The van der Waals surface area contributed by atoms with Gasteiger partial charge in [0.15, 0.2) is 0 Å². The number of ether oxygens (including phenoxy) is 1. The van der Waals surface area contributed by atoms with E-state index in [1.807, 2.05) is 0 Å². The van der Waals surface area contributed by atoms with E-state index in [0.717, 1.165) is 18.9 Å². The van der Waals surface area contributed by atoms with Crippen LogP contribution in [0.15, 0.2) is 17.1 Å². The largest absolute Gasteiger partial charge is 0.462 e. The number of fused-ring (bicyclic) bond motifs is 1. The normalized spacial score (nSPS) is 14.0. The van der Waals surface area contributed by atoms with Crippen LogP contribution in [0.1, 0.15) is 36.2 Å². The molecule has 3 rings (SSSR count). The highest BCUT2D eigenvalue weighted by molar-refractivity contribution is 6.40. The quantitative estimate of drug-likeness (QED) is 0.464. The van der Waals surface area contributed by atoms with Gasteiger partial charge in [0.1, 0.15) is 16.1 Å². The van der Waals surface area contributed by atoms with Gasteiger partial charge in [0.05, 0.1) is 21.9 Å². The number of benzene rings is 1. The van der Waals surface area contributed by atoms with Crippen LogP contribution in [0.3, 0.4) is 0 Å². The Morgan fingerprint density at radius 2 is 2.08 bits per heavy atom. The van der Waals surface area contributed by atoms with E-state index in [4.69, 9.17) is 27.9 Å². The highest BCUT2D eigenvalue weighted by Gasteiger charge is 2.33. The Hall–Kier alpha value is -2.12. The molecule has 0 unspecified atom stereocenters. The van der Waals surface area contributed by atoms with E-state index in [9.17, 15) is 19.7 Å². The number of carbonyl (C=O) groups excluding carboxylic acids is 1. The zero-order valence-corrected chi connectivity index (χ0v) is 14.1. The van der Waals surface area contributed by atoms with Crippen molar-refractivity contribution in [2.75, 3.05) is 6.61 Å². The smallest absolute Gasteiger partial charge is 0.343 e. The lowest BCUT2D eigenvalue weighted by atomic mass is 10.1. The molecular weight excluding hydrogens is 359 g/mol. The molecule has 1 saturated carbocycles. The number of carbonyl (C=O) groups is 1. The summed E-state index contributed by atoms with van der Waals surface area (Å²) >= 11 is 12.1. The third-order valence-electron chi connectivity index (χ3n) is 3.80. The summed E-state index contributed by atoms with van der Waals surface area (Å²) in [5.74, 6) is -0.785. The van der Waals surface area contributed by atoms with Crippen LogP contribution in [-0.4, -0.2) is 22.1 Å². The average Bonchev–Trinajstić information content (AvgIpc) is 3.31. The number of esters is 1. The van der Waals surface area contributed by atoms with Crippen molar-refractivity contribution in [1.29, 1.82) is 0 Å². The molecule has 0 aliphatic heterocycles. The number of pyridine rings is 1. The summed E-state index contributed by atoms with van der Waals surface area (Å²) in [6.45, 7) is 1.73. The summed E-state index contributed by atoms with van der Waals surface area (Å²) in [5.41, 5.74) is -1.26. The molecule has 1 aliphatic rings. The molecule has 0 N–H and O–H groups in total. The van der Waals surface area contributed by atoms with E-state index < -0.39 is 22.0 Å². The predicted octanol–water partition coefficient (Wildman–Crippen LogP) is 3.73. The van der Waals surface area contributed by atoms with E-state index in [1.54, 1.807) is 11.5 Å². The van der Waals surface area contributed by atoms with Crippen molar-refractivity contribution in [2.45, 2.75) is 25.8 Å². The summed E-state index contributed by atoms with van der Waals surface area (Å²) in [6.07, 6.45) is 2.86. The van der Waals surface area contributed by atoms with Gasteiger partial charge in [-0.15, -0.1) is 0 Å². The number of hydrogen-bond donors (Lipinski definition) is 0. The van der Waals surface area contributed by atoms with Crippen molar-refractivity contribution >= 4 is 45.8 Å². The van der Waals surface area contributed by atoms with Crippen LogP contribution >= 0.6 is 23.2 Å². The Bertz CT molecular complexity index is 934. The third-order valence-corrected chi connectivity index (χ3v) is 4.38. The van der Waals surface area contributed by atoms with Crippen LogP contribution in [-0.2, 0) is 4.74 Å². The van der Waals surface area contributed by atoms with Crippen LogP contribution in [0.5, 0.6) is 0 Å². The van der Waals surface area contributed by atoms with Crippen molar-refractivity contribution in [2.24, 2.45) is 0 Å². The second kappa shape index (κ2) is 6.07. The van der Waals surface area contributed by atoms with Gasteiger partial charge in [-0.25, -0.2) is 4.79 Å². The molecule has 24 heavy (non-hydrogen) atoms. The fourth-order valence-corrected chi connectivity index (χ4v) is 3.24. The fourth-order valence-electron chi connectivity index (χ4n) is 2.63. The maximum absolute atomic E-state index is 12.7. The van der Waals surface area contributed by atoms with Crippen LogP contribution in [0, 0.1) is 10.1 Å². The molecule has 7 nitrogen and oxygen atoms in total. The second-order valence-electron chi connectivity index (χ2n) is 5.40. The Balaban J connectivity index is 2.47. The molecule has 126 valence electrons. The lowest BCUT2D eigenvalue weighted by molar-refractivity contribution is -0.383. The number of nitro groups is 1. The van der Waals surface area contributed by atoms with Crippen molar-refractivity contribution in [3.05, 3.63) is 48.2 Å². The Labute approximate surface area is 145 Å². The molecule has 0 bridgehead atoms. The molecule has 1 aromatic carbocycles. The average molecular weight is 371 g/mol. The summed E-state index contributed by atoms with van der Waals surface area (Å²) < 4.78 is 6.44. The maximum Gasteiger partial charge on any atom is 0.343 e. The van der Waals surface area contributed by atoms with E-state index >= 15 is 0 Å². The summed E-state index contributed by atoms with van der Waals surface area (Å²) in [6, 6.07) is 1.10. The maximum atomic E-state index is 12.7. The predicted molar refractivity (Wildman–Crippen MR) is 89.1 cm³/mol. The molecule has 1 aliphatic carbocycles. The van der Waals surface area contributed by atoms with Crippen molar-refractivity contribution in [3.8, 4) is 0 Å². The van der Waals surface area contributed by atoms with Gasteiger partial charge in [-0.05, 0) is 25.8 Å². The molecule has 0 saturated heterocycles. The first kappa shape index (κ1) is 16.7. The van der Waals surface area contributed by atoms with E-state index in [2.05, 4.69) is 0 Å². The number of halogens is 2. The van der Waals surface area contributed by atoms with Crippen molar-refractivity contribution in [3.63, 3.8) is 0 Å². The lowest BCUT2D eigenvalue weighted by Gasteiger charge is -2.14. The summed E-state index contributed by atoms with van der Waals surface area (Å²) in [7, 11) is 0. The molecule has 2 aromatic rings. The van der Waals surface area contributed by atoms with E-state index in [0.29, 0.717) is 0 Å². The Morgan fingerprint density at radius 3 is 2.62 bits per heavy atom. The summed E-state index contributed by atoms with van der Waals surface area (Å²) in [4.78, 5) is 35.5. The van der Waals surface area contributed by atoms with Crippen LogP contribution in [0.25, 0.3) is 10.9 Å². The molecule has 1 fully saturated rings. The van der Waals surface area contributed by atoms with Gasteiger partial charge in [-0.1, -0.05) is 23.2 Å². The minimum Gasteiger partial charge on any atom is -0.462 e. The highest BCUT2D eigenvalue weighted by Crippen LogP contribution is 2.43. The van der Waals surface area contributed by atoms with Crippen molar-refractivity contribution in [1.82, 2.24) is 4.57 Å². The van der Waals surface area contributed by atoms with Crippen molar-refractivity contribution < 1.29 is 14.5 Å².